The fourth-order valence-electron chi connectivity index (χ4n) is 3.10. The first-order valence-electron chi connectivity index (χ1n) is 9.37. The number of aromatic nitrogens is 2. The molecule has 1 aromatic carbocycles. The van der Waals surface area contributed by atoms with E-state index in [-0.39, 0.29) is 30.4 Å². The van der Waals surface area contributed by atoms with Gasteiger partial charge in [0.2, 0.25) is 0 Å². The molecule has 1 aliphatic rings. The summed E-state index contributed by atoms with van der Waals surface area (Å²) in [5.41, 5.74) is -0.181. The smallest absolute Gasteiger partial charge is 0.271 e. The van der Waals surface area contributed by atoms with E-state index in [2.05, 4.69) is 20.6 Å². The summed E-state index contributed by atoms with van der Waals surface area (Å²) < 4.78 is 68.7. The number of halogens is 3. The van der Waals surface area contributed by atoms with Crippen molar-refractivity contribution in [1.29, 1.82) is 0 Å². The summed E-state index contributed by atoms with van der Waals surface area (Å²) in [7, 11) is -4.88. The highest BCUT2D eigenvalue weighted by molar-refractivity contribution is 7.92. The molecule has 0 unspecified atom stereocenters. The van der Waals surface area contributed by atoms with E-state index in [1.807, 2.05) is 17.5 Å². The van der Waals surface area contributed by atoms with Gasteiger partial charge in [0.15, 0.2) is 28.2 Å². The van der Waals surface area contributed by atoms with Gasteiger partial charge in [0.1, 0.15) is 11.5 Å². The van der Waals surface area contributed by atoms with Crippen LogP contribution in [-0.2, 0) is 16.4 Å². The normalized spacial score (nSPS) is 13.4. The van der Waals surface area contributed by atoms with Crippen LogP contribution in [0.2, 0.25) is 0 Å². The molecule has 0 saturated heterocycles. The molecule has 0 radical (unpaired) electrons. The van der Waals surface area contributed by atoms with E-state index < -0.39 is 38.3 Å². The fourth-order valence-corrected chi connectivity index (χ4v) is 5.36. The number of nitrogens with one attached hydrogen (secondary N) is 2. The Morgan fingerprint density at radius 2 is 2.00 bits per heavy atom. The van der Waals surface area contributed by atoms with Crippen LogP contribution in [0.4, 0.5) is 24.8 Å². The van der Waals surface area contributed by atoms with Gasteiger partial charge in [0.05, 0.1) is 12.7 Å². The van der Waals surface area contributed by atoms with E-state index >= 15 is 0 Å². The molecular weight excluding hydrogens is 467 g/mol. The van der Waals surface area contributed by atoms with E-state index in [0.717, 1.165) is 11.1 Å². The van der Waals surface area contributed by atoms with Crippen LogP contribution in [0.1, 0.15) is 15.4 Å². The minimum Gasteiger partial charge on any atom is -0.365 e. The van der Waals surface area contributed by atoms with Crippen LogP contribution in [0.5, 0.6) is 0 Å². The van der Waals surface area contributed by atoms with Gasteiger partial charge < -0.3 is 10.6 Å². The van der Waals surface area contributed by atoms with E-state index in [4.69, 9.17) is 0 Å². The number of hydrogen-bond donors (Lipinski definition) is 2. The predicted octanol–water partition coefficient (Wildman–Crippen LogP) is 2.55. The lowest BCUT2D eigenvalue weighted by Crippen LogP contribution is -2.41. The summed E-state index contributed by atoms with van der Waals surface area (Å²) in [6, 6.07) is 4.84. The molecule has 2 aromatic heterocycles. The van der Waals surface area contributed by atoms with Crippen LogP contribution in [-0.4, -0.2) is 43.9 Å². The quantitative estimate of drug-likeness (QED) is 0.523. The molecule has 0 spiro atoms. The second kappa shape index (κ2) is 8.74. The molecule has 2 N–H and O–H groups in total. The monoisotopic (exact) mass is 483 g/mol. The zero-order valence-electron chi connectivity index (χ0n) is 16.3. The Balaban J connectivity index is 1.63. The van der Waals surface area contributed by atoms with Crippen molar-refractivity contribution in [2.24, 2.45) is 0 Å². The Labute approximate surface area is 185 Å². The van der Waals surface area contributed by atoms with Crippen LogP contribution < -0.4 is 14.9 Å². The Morgan fingerprint density at radius 3 is 2.75 bits per heavy atom. The van der Waals surface area contributed by atoms with Crippen molar-refractivity contribution >= 4 is 38.9 Å². The highest BCUT2D eigenvalue weighted by Gasteiger charge is 2.37. The van der Waals surface area contributed by atoms with Gasteiger partial charge in [-0.15, -0.1) is 11.3 Å². The largest absolute Gasteiger partial charge is 0.365 e. The highest BCUT2D eigenvalue weighted by atomic mass is 32.2. The van der Waals surface area contributed by atoms with E-state index in [1.54, 1.807) is 11.3 Å². The predicted molar refractivity (Wildman–Crippen MR) is 112 cm³/mol. The van der Waals surface area contributed by atoms with Gasteiger partial charge in [0, 0.05) is 18.0 Å². The van der Waals surface area contributed by atoms with Crippen LogP contribution in [0.25, 0.3) is 0 Å². The molecule has 0 saturated carbocycles. The number of carbonyl (C=O) groups excluding carboxylic acids is 1. The molecule has 1 aliphatic heterocycles. The molecule has 3 aromatic rings. The standard InChI is InChI=1S/C19H16F3N5O3S2/c20-12-3-4-13(21)16(15(12)22)32(29,30)27-8-7-23-17-18(27)26-14(10-25-17)19(28)24-6-5-11-2-1-9-31-11/h1-4,9-10H,5-8H2,(H,23,25)(H,24,28). The lowest BCUT2D eigenvalue weighted by Gasteiger charge is -2.29. The first-order valence-corrected chi connectivity index (χ1v) is 11.7. The van der Waals surface area contributed by atoms with Gasteiger partial charge in [-0.2, -0.15) is 0 Å². The zero-order chi connectivity index (χ0) is 22.9. The third-order valence-corrected chi connectivity index (χ3v) is 7.38. The van der Waals surface area contributed by atoms with E-state index in [0.29, 0.717) is 29.4 Å². The lowest BCUT2D eigenvalue weighted by molar-refractivity contribution is 0.0949. The summed E-state index contributed by atoms with van der Waals surface area (Å²) in [6.45, 7) is 0.118. The number of anilines is 2. The first-order chi connectivity index (χ1) is 15.3. The molecule has 1 amide bonds. The van der Waals surface area contributed by atoms with Crippen molar-refractivity contribution in [2.75, 3.05) is 29.3 Å². The third-order valence-electron chi connectivity index (χ3n) is 4.62. The van der Waals surface area contributed by atoms with Crippen LogP contribution in [0, 0.1) is 17.5 Å². The molecule has 13 heteroatoms. The van der Waals surface area contributed by atoms with E-state index in [1.165, 1.54) is 0 Å². The van der Waals surface area contributed by atoms with Crippen molar-refractivity contribution in [1.82, 2.24) is 15.3 Å². The number of benzene rings is 1. The maximum atomic E-state index is 14.2. The lowest BCUT2D eigenvalue weighted by atomic mass is 10.3. The summed E-state index contributed by atoms with van der Waals surface area (Å²) in [4.78, 5) is 20.2. The molecule has 0 bridgehead atoms. The van der Waals surface area contributed by atoms with Gasteiger partial charge in [0.25, 0.3) is 15.9 Å². The van der Waals surface area contributed by atoms with Crippen molar-refractivity contribution in [3.8, 4) is 0 Å². The number of sulfonamides is 1. The molecule has 0 atom stereocenters. The number of thiophene rings is 1. The molecule has 3 heterocycles. The van der Waals surface area contributed by atoms with Crippen molar-refractivity contribution in [2.45, 2.75) is 11.3 Å². The number of hydrogen-bond acceptors (Lipinski definition) is 7. The first kappa shape index (κ1) is 22.0. The molecule has 0 aliphatic carbocycles. The second-order valence-electron chi connectivity index (χ2n) is 6.69. The number of amides is 1. The van der Waals surface area contributed by atoms with Crippen molar-refractivity contribution in [3.05, 3.63) is 63.9 Å². The molecular formula is C19H16F3N5O3S2. The number of fused-ring (bicyclic) bond motifs is 1. The Hall–Kier alpha value is -3.19. The van der Waals surface area contributed by atoms with Gasteiger partial charge in [-0.25, -0.2) is 35.9 Å². The maximum Gasteiger partial charge on any atom is 0.271 e. The molecule has 4 rings (SSSR count). The number of nitrogens with zero attached hydrogens (tertiary/aromatic N) is 3. The molecule has 8 nitrogen and oxygen atoms in total. The van der Waals surface area contributed by atoms with Gasteiger partial charge in [-0.3, -0.25) is 4.79 Å². The summed E-state index contributed by atoms with van der Waals surface area (Å²) in [5, 5.41) is 7.39. The Bertz CT molecular complexity index is 1270. The van der Waals surface area contributed by atoms with Gasteiger partial charge in [-0.1, -0.05) is 6.07 Å². The van der Waals surface area contributed by atoms with Crippen molar-refractivity contribution in [3.63, 3.8) is 0 Å². The van der Waals surface area contributed by atoms with Crippen LogP contribution >= 0.6 is 11.3 Å². The fraction of sp³-hybridized carbons (Fsp3) is 0.211. The van der Waals surface area contributed by atoms with E-state index in [9.17, 15) is 26.4 Å². The average molecular weight is 483 g/mol. The highest BCUT2D eigenvalue weighted by Crippen LogP contribution is 2.32. The SMILES string of the molecule is O=C(NCCc1cccs1)c1cnc2c(n1)N(S(=O)(=O)c1c(F)ccc(F)c1F)CCN2. The van der Waals surface area contributed by atoms with Crippen LogP contribution in [0.3, 0.4) is 0 Å². The minimum atomic E-state index is -4.88. The summed E-state index contributed by atoms with van der Waals surface area (Å²) in [6.07, 6.45) is 1.76. The third kappa shape index (κ3) is 4.12. The summed E-state index contributed by atoms with van der Waals surface area (Å²) >= 11 is 1.54. The minimum absolute atomic E-state index is 0.00665. The molecule has 168 valence electrons. The van der Waals surface area contributed by atoms with Crippen LogP contribution in [0.15, 0.2) is 40.7 Å². The topological polar surface area (TPSA) is 104 Å². The number of rotatable bonds is 6. The Morgan fingerprint density at radius 1 is 1.22 bits per heavy atom. The molecule has 32 heavy (non-hydrogen) atoms. The Kier molecular flexibility index (Phi) is 6.02. The maximum absolute atomic E-state index is 14.2. The number of carbonyl (C=O) groups is 1. The van der Waals surface area contributed by atoms with Gasteiger partial charge in [-0.05, 0) is 30.0 Å². The summed E-state index contributed by atoms with van der Waals surface area (Å²) in [5.74, 6) is -5.69. The van der Waals surface area contributed by atoms with Gasteiger partial charge >= 0.3 is 0 Å². The second-order valence-corrected chi connectivity index (χ2v) is 9.52. The zero-order valence-corrected chi connectivity index (χ0v) is 17.9. The van der Waals surface area contributed by atoms with Crippen molar-refractivity contribution < 1.29 is 26.4 Å². The molecule has 0 fully saturated rings. The average Bonchev–Trinajstić information content (AvgIpc) is 3.29.